The Hall–Kier alpha value is -1.60. The molecule has 136 valence electrons. The van der Waals surface area contributed by atoms with Gasteiger partial charge in [0, 0.05) is 19.8 Å². The lowest BCUT2D eigenvalue weighted by molar-refractivity contribution is -0.131. The normalized spacial score (nSPS) is 14.0. The lowest BCUT2D eigenvalue weighted by Gasteiger charge is -2.24. The van der Waals surface area contributed by atoms with Gasteiger partial charge in [0.25, 0.3) is 0 Å². The number of ether oxygens (including phenoxy) is 1. The fourth-order valence-corrected chi connectivity index (χ4v) is 3.22. The van der Waals surface area contributed by atoms with Gasteiger partial charge >= 0.3 is 0 Å². The van der Waals surface area contributed by atoms with Gasteiger partial charge in [-0.3, -0.25) is 4.79 Å². The molecule has 7 heteroatoms. The van der Waals surface area contributed by atoms with Crippen molar-refractivity contribution in [3.05, 3.63) is 29.8 Å². The first kappa shape index (κ1) is 20.4. The number of amides is 1. The van der Waals surface area contributed by atoms with Crippen LogP contribution in [-0.4, -0.2) is 58.0 Å². The largest absolute Gasteiger partial charge is 0.497 e. The quantitative estimate of drug-likeness (QED) is 0.715. The van der Waals surface area contributed by atoms with Crippen LogP contribution in [-0.2, 0) is 21.1 Å². The summed E-state index contributed by atoms with van der Waals surface area (Å²) in [7, 11) is 0.223. The number of methoxy groups -OCH3 is 1. The lowest BCUT2D eigenvalue weighted by Crippen LogP contribution is -2.44. The molecule has 1 aromatic carbocycles. The Kier molecular flexibility index (Phi) is 7.69. The van der Waals surface area contributed by atoms with Gasteiger partial charge in [0.05, 0.1) is 18.9 Å². The van der Waals surface area contributed by atoms with E-state index in [9.17, 15) is 13.2 Å². The summed E-state index contributed by atoms with van der Waals surface area (Å²) in [5, 5.41) is 0. The maximum atomic E-state index is 12.2. The van der Waals surface area contributed by atoms with Crippen LogP contribution in [0.1, 0.15) is 18.9 Å². The van der Waals surface area contributed by atoms with E-state index in [1.165, 1.54) is 5.56 Å². The summed E-state index contributed by atoms with van der Waals surface area (Å²) in [5.74, 6) is 0.778. The Morgan fingerprint density at radius 3 is 2.38 bits per heavy atom. The number of rotatable bonds is 9. The monoisotopic (exact) mass is 356 g/mol. The molecule has 0 heterocycles. The van der Waals surface area contributed by atoms with E-state index in [1.807, 2.05) is 24.3 Å². The van der Waals surface area contributed by atoms with Crippen LogP contribution in [0.3, 0.4) is 0 Å². The molecule has 0 aliphatic heterocycles. The number of nitrogens with two attached hydrogens (primary N) is 1. The molecule has 0 fully saturated rings. The van der Waals surface area contributed by atoms with Crippen LogP contribution in [0.25, 0.3) is 0 Å². The molecule has 2 unspecified atom stereocenters. The van der Waals surface area contributed by atoms with Crippen molar-refractivity contribution in [2.75, 3.05) is 32.7 Å². The van der Waals surface area contributed by atoms with Crippen molar-refractivity contribution in [1.82, 2.24) is 4.90 Å². The molecule has 0 aliphatic carbocycles. The smallest absolute Gasteiger partial charge is 0.239 e. The van der Waals surface area contributed by atoms with E-state index in [4.69, 9.17) is 10.5 Å². The topological polar surface area (TPSA) is 89.7 Å². The van der Waals surface area contributed by atoms with Gasteiger partial charge in [0.15, 0.2) is 0 Å². The van der Waals surface area contributed by atoms with Crippen molar-refractivity contribution in [3.63, 3.8) is 0 Å². The Labute approximate surface area is 144 Å². The fraction of sp³-hybridized carbons (Fsp3) is 0.588. The van der Waals surface area contributed by atoms with E-state index in [1.54, 1.807) is 19.1 Å². The summed E-state index contributed by atoms with van der Waals surface area (Å²) >= 11 is 0. The summed E-state index contributed by atoms with van der Waals surface area (Å²) in [6.07, 6.45) is 2.12. The molecule has 2 atom stereocenters. The summed E-state index contributed by atoms with van der Waals surface area (Å²) in [6, 6.07) is 7.07. The Morgan fingerprint density at radius 1 is 1.29 bits per heavy atom. The number of hydrogen-bond acceptors (Lipinski definition) is 5. The van der Waals surface area contributed by atoms with E-state index < -0.39 is 15.9 Å². The molecular formula is C17H28N2O4S. The minimum absolute atomic E-state index is 0.0743. The highest BCUT2D eigenvalue weighted by Crippen LogP contribution is 2.15. The highest BCUT2D eigenvalue weighted by Gasteiger charge is 2.21. The van der Waals surface area contributed by atoms with E-state index in [2.05, 4.69) is 6.92 Å². The second kappa shape index (κ2) is 9.03. The Morgan fingerprint density at radius 2 is 1.88 bits per heavy atom. The van der Waals surface area contributed by atoms with Crippen LogP contribution >= 0.6 is 0 Å². The molecule has 1 rings (SSSR count). The van der Waals surface area contributed by atoms with Crippen LogP contribution in [0, 0.1) is 5.92 Å². The van der Waals surface area contributed by atoms with Crippen LogP contribution in [0.2, 0.25) is 0 Å². The standard InChI is InChI=1S/C17H28N2O4S/c1-13(11-14-5-7-15(23-3)8-6-14)12-19(2)17(20)16(18)9-10-24(4,21)22/h5-8,13,16H,9-12,18H2,1-4H3. The number of benzene rings is 1. The molecule has 2 N–H and O–H groups in total. The minimum Gasteiger partial charge on any atom is -0.497 e. The predicted molar refractivity (Wildman–Crippen MR) is 95.8 cm³/mol. The van der Waals surface area contributed by atoms with E-state index in [0.717, 1.165) is 18.4 Å². The van der Waals surface area contributed by atoms with Crippen molar-refractivity contribution >= 4 is 15.7 Å². The molecule has 6 nitrogen and oxygen atoms in total. The molecule has 1 amide bonds. The first-order valence-electron chi connectivity index (χ1n) is 7.93. The summed E-state index contributed by atoms with van der Waals surface area (Å²) in [4.78, 5) is 13.8. The van der Waals surface area contributed by atoms with Crippen LogP contribution in [0.4, 0.5) is 0 Å². The maximum absolute atomic E-state index is 12.2. The van der Waals surface area contributed by atoms with E-state index in [-0.39, 0.29) is 24.0 Å². The third-order valence-electron chi connectivity index (χ3n) is 3.82. The summed E-state index contributed by atoms with van der Waals surface area (Å²) < 4.78 is 27.5. The Balaban J connectivity index is 2.49. The molecule has 0 saturated carbocycles. The third-order valence-corrected chi connectivity index (χ3v) is 4.80. The number of carbonyl (C=O) groups is 1. The number of nitrogens with zero attached hydrogens (tertiary/aromatic N) is 1. The van der Waals surface area contributed by atoms with Gasteiger partial charge in [-0.1, -0.05) is 19.1 Å². The average Bonchev–Trinajstić information content (AvgIpc) is 2.51. The number of sulfone groups is 1. The molecule has 0 radical (unpaired) electrons. The molecule has 0 bridgehead atoms. The van der Waals surface area contributed by atoms with Gasteiger partial charge in [0.2, 0.25) is 5.91 Å². The maximum Gasteiger partial charge on any atom is 0.239 e. The first-order valence-corrected chi connectivity index (χ1v) is 9.99. The second-order valence-corrected chi connectivity index (χ2v) is 8.66. The van der Waals surface area contributed by atoms with Crippen LogP contribution in [0.15, 0.2) is 24.3 Å². The molecular weight excluding hydrogens is 328 g/mol. The van der Waals surface area contributed by atoms with Crippen LogP contribution in [0.5, 0.6) is 5.75 Å². The first-order chi connectivity index (χ1) is 11.1. The lowest BCUT2D eigenvalue weighted by atomic mass is 10.0. The van der Waals surface area contributed by atoms with Crippen molar-refractivity contribution in [2.24, 2.45) is 11.7 Å². The highest BCUT2D eigenvalue weighted by atomic mass is 32.2. The predicted octanol–water partition coefficient (Wildman–Crippen LogP) is 1.09. The van der Waals surface area contributed by atoms with Gasteiger partial charge in [0.1, 0.15) is 15.6 Å². The minimum atomic E-state index is -3.11. The summed E-state index contributed by atoms with van der Waals surface area (Å²) in [6.45, 7) is 2.63. The second-order valence-electron chi connectivity index (χ2n) is 6.40. The zero-order chi connectivity index (χ0) is 18.3. The highest BCUT2D eigenvalue weighted by molar-refractivity contribution is 7.90. The van der Waals surface area contributed by atoms with E-state index >= 15 is 0 Å². The van der Waals surface area contributed by atoms with E-state index in [0.29, 0.717) is 6.54 Å². The zero-order valence-corrected chi connectivity index (χ0v) is 15.7. The van der Waals surface area contributed by atoms with Gasteiger partial charge < -0.3 is 15.4 Å². The molecule has 24 heavy (non-hydrogen) atoms. The number of carbonyl (C=O) groups excluding carboxylic acids is 1. The van der Waals surface area contributed by atoms with Crippen molar-refractivity contribution < 1.29 is 17.9 Å². The summed E-state index contributed by atoms with van der Waals surface area (Å²) in [5.41, 5.74) is 6.99. The van der Waals surface area contributed by atoms with Crippen molar-refractivity contribution in [3.8, 4) is 5.75 Å². The molecule has 1 aromatic rings. The zero-order valence-electron chi connectivity index (χ0n) is 14.9. The van der Waals surface area contributed by atoms with Crippen molar-refractivity contribution in [2.45, 2.75) is 25.8 Å². The van der Waals surface area contributed by atoms with Crippen LogP contribution < -0.4 is 10.5 Å². The van der Waals surface area contributed by atoms with Crippen molar-refractivity contribution in [1.29, 1.82) is 0 Å². The van der Waals surface area contributed by atoms with Gasteiger partial charge in [-0.25, -0.2) is 8.42 Å². The average molecular weight is 356 g/mol. The van der Waals surface area contributed by atoms with Gasteiger partial charge in [-0.2, -0.15) is 0 Å². The van der Waals surface area contributed by atoms with Gasteiger partial charge in [-0.15, -0.1) is 0 Å². The molecule has 0 aromatic heterocycles. The van der Waals surface area contributed by atoms with Gasteiger partial charge in [-0.05, 0) is 36.5 Å². The Bertz CT molecular complexity index is 628. The molecule has 0 aliphatic rings. The molecule has 0 spiro atoms. The number of likely N-dealkylation sites (N-methyl/N-ethyl adjacent to an activating group) is 1. The molecule has 0 saturated heterocycles. The SMILES string of the molecule is COc1ccc(CC(C)CN(C)C(=O)C(N)CCS(C)(=O)=O)cc1. The third kappa shape index (κ3) is 7.31. The fourth-order valence-electron chi connectivity index (χ4n) is 2.53. The number of hydrogen-bond donors (Lipinski definition) is 1.